The number of nitrogens with two attached hydrogens (primary N) is 1. The lowest BCUT2D eigenvalue weighted by Gasteiger charge is -2.08. The van der Waals surface area contributed by atoms with Crippen LogP contribution in [-0.2, 0) is 14.3 Å². The van der Waals surface area contributed by atoms with Crippen molar-refractivity contribution in [2.24, 2.45) is 0 Å². The third-order valence-electron chi connectivity index (χ3n) is 3.11. The average molecular weight is 293 g/mol. The average Bonchev–Trinajstić information content (AvgIpc) is 2.45. The smallest absolute Gasteiger partial charge is 0.340 e. The van der Waals surface area contributed by atoms with Crippen molar-refractivity contribution in [1.29, 1.82) is 0 Å². The van der Waals surface area contributed by atoms with E-state index in [0.29, 0.717) is 30.9 Å². The van der Waals surface area contributed by atoms with Crippen LogP contribution in [-0.4, -0.2) is 25.2 Å². The summed E-state index contributed by atoms with van der Waals surface area (Å²) < 4.78 is 10.0. The summed E-state index contributed by atoms with van der Waals surface area (Å²) >= 11 is 0. The van der Waals surface area contributed by atoms with Crippen molar-refractivity contribution >= 4 is 17.6 Å². The summed E-state index contributed by atoms with van der Waals surface area (Å²) in [6.45, 7) is 4.37. The molecule has 116 valence electrons. The number of hydrogen-bond acceptors (Lipinski definition) is 5. The van der Waals surface area contributed by atoms with Gasteiger partial charge < -0.3 is 15.2 Å². The molecule has 0 amide bonds. The molecular weight excluding hydrogens is 270 g/mol. The Kier molecular flexibility index (Phi) is 7.29. The van der Waals surface area contributed by atoms with Gasteiger partial charge in [0.2, 0.25) is 0 Å². The normalized spacial score (nSPS) is 10.2. The van der Waals surface area contributed by atoms with Gasteiger partial charge in [-0.15, -0.1) is 0 Å². The highest BCUT2D eigenvalue weighted by molar-refractivity contribution is 5.95. The quantitative estimate of drug-likeness (QED) is 0.453. The van der Waals surface area contributed by atoms with E-state index in [-0.39, 0.29) is 5.97 Å². The Balaban J connectivity index is 2.22. The molecule has 0 radical (unpaired) electrons. The standard InChI is InChI=1S/C16H23NO4/c1-3-20-14(18)10-5-4-6-11-21-16(19)13-9-7-8-12(2)15(13)17/h7-9H,3-6,10-11,17H2,1-2H3. The summed E-state index contributed by atoms with van der Waals surface area (Å²) in [5.74, 6) is -0.580. The van der Waals surface area contributed by atoms with Crippen molar-refractivity contribution in [3.05, 3.63) is 29.3 Å². The van der Waals surface area contributed by atoms with Crippen LogP contribution in [0.3, 0.4) is 0 Å². The molecule has 1 aromatic carbocycles. The maximum atomic E-state index is 11.9. The maximum Gasteiger partial charge on any atom is 0.340 e. The minimum atomic E-state index is -0.401. The van der Waals surface area contributed by atoms with Gasteiger partial charge in [0.25, 0.3) is 0 Å². The number of carbonyl (C=O) groups excluding carboxylic acids is 2. The zero-order valence-corrected chi connectivity index (χ0v) is 12.7. The van der Waals surface area contributed by atoms with Crippen molar-refractivity contribution in [3.8, 4) is 0 Å². The summed E-state index contributed by atoms with van der Waals surface area (Å²) in [6, 6.07) is 5.29. The van der Waals surface area contributed by atoms with Gasteiger partial charge in [-0.25, -0.2) is 4.79 Å². The molecule has 5 heteroatoms. The van der Waals surface area contributed by atoms with E-state index in [4.69, 9.17) is 15.2 Å². The summed E-state index contributed by atoms with van der Waals surface area (Å²) in [4.78, 5) is 23.0. The van der Waals surface area contributed by atoms with Gasteiger partial charge >= 0.3 is 11.9 Å². The molecule has 0 unspecified atom stereocenters. The van der Waals surface area contributed by atoms with Gasteiger partial charge in [-0.3, -0.25) is 4.79 Å². The van der Waals surface area contributed by atoms with Gasteiger partial charge in [0, 0.05) is 12.1 Å². The monoisotopic (exact) mass is 293 g/mol. The molecule has 0 spiro atoms. The van der Waals surface area contributed by atoms with Crippen LogP contribution in [0.15, 0.2) is 18.2 Å². The summed E-state index contributed by atoms with van der Waals surface area (Å²) in [7, 11) is 0. The molecule has 2 N–H and O–H groups in total. The van der Waals surface area contributed by atoms with Gasteiger partial charge in [0.05, 0.1) is 18.8 Å². The molecule has 0 aliphatic carbocycles. The van der Waals surface area contributed by atoms with E-state index in [0.717, 1.165) is 24.8 Å². The fourth-order valence-corrected chi connectivity index (χ4v) is 1.88. The zero-order chi connectivity index (χ0) is 15.7. The van der Waals surface area contributed by atoms with Crippen molar-refractivity contribution < 1.29 is 19.1 Å². The van der Waals surface area contributed by atoms with E-state index in [1.165, 1.54) is 0 Å². The van der Waals surface area contributed by atoms with E-state index in [2.05, 4.69) is 0 Å². The molecule has 0 saturated carbocycles. The van der Waals surface area contributed by atoms with Crippen LogP contribution in [0.5, 0.6) is 0 Å². The molecule has 1 aromatic rings. The van der Waals surface area contributed by atoms with E-state index >= 15 is 0 Å². The lowest BCUT2D eigenvalue weighted by molar-refractivity contribution is -0.143. The summed E-state index contributed by atoms with van der Waals surface area (Å²) in [5, 5.41) is 0. The fraction of sp³-hybridized carbons (Fsp3) is 0.500. The highest BCUT2D eigenvalue weighted by Gasteiger charge is 2.11. The van der Waals surface area contributed by atoms with Crippen molar-refractivity contribution in [2.45, 2.75) is 39.5 Å². The Hall–Kier alpha value is -2.04. The van der Waals surface area contributed by atoms with Crippen molar-refractivity contribution in [2.75, 3.05) is 18.9 Å². The van der Waals surface area contributed by atoms with Gasteiger partial charge in [0.15, 0.2) is 0 Å². The number of aryl methyl sites for hydroxylation is 1. The van der Waals surface area contributed by atoms with Crippen LogP contribution < -0.4 is 5.73 Å². The van der Waals surface area contributed by atoms with E-state index in [1.807, 2.05) is 13.0 Å². The molecule has 5 nitrogen and oxygen atoms in total. The third kappa shape index (κ3) is 5.85. The van der Waals surface area contributed by atoms with Crippen molar-refractivity contribution in [3.63, 3.8) is 0 Å². The number of hydrogen-bond donors (Lipinski definition) is 1. The number of para-hydroxylation sites is 1. The number of esters is 2. The first-order valence-electron chi connectivity index (χ1n) is 7.24. The molecule has 0 fully saturated rings. The topological polar surface area (TPSA) is 78.6 Å². The van der Waals surface area contributed by atoms with Gasteiger partial charge in [-0.1, -0.05) is 12.1 Å². The Morgan fingerprint density at radius 2 is 1.90 bits per heavy atom. The Morgan fingerprint density at radius 1 is 1.14 bits per heavy atom. The minimum Gasteiger partial charge on any atom is -0.466 e. The predicted octanol–water partition coefficient (Wildman–Crippen LogP) is 2.86. The molecule has 0 atom stereocenters. The van der Waals surface area contributed by atoms with E-state index < -0.39 is 5.97 Å². The number of ether oxygens (including phenoxy) is 2. The summed E-state index contributed by atoms with van der Waals surface area (Å²) in [6.07, 6.45) is 2.68. The van der Waals surface area contributed by atoms with E-state index in [9.17, 15) is 9.59 Å². The second-order valence-corrected chi connectivity index (χ2v) is 4.79. The lowest BCUT2D eigenvalue weighted by Crippen LogP contribution is -2.10. The third-order valence-corrected chi connectivity index (χ3v) is 3.11. The Bertz CT molecular complexity index is 485. The lowest BCUT2D eigenvalue weighted by atomic mass is 10.1. The predicted molar refractivity (Wildman–Crippen MR) is 81.0 cm³/mol. The van der Waals surface area contributed by atoms with Crippen LogP contribution in [0.4, 0.5) is 5.69 Å². The first-order chi connectivity index (χ1) is 10.1. The number of nitrogen functional groups attached to an aromatic ring is 1. The summed E-state index contributed by atoms with van der Waals surface area (Å²) in [5.41, 5.74) is 7.57. The highest BCUT2D eigenvalue weighted by Crippen LogP contribution is 2.17. The van der Waals surface area contributed by atoms with Gasteiger partial charge in [0.1, 0.15) is 0 Å². The molecule has 0 heterocycles. The van der Waals surface area contributed by atoms with Crippen LogP contribution in [0.2, 0.25) is 0 Å². The number of carbonyl (C=O) groups is 2. The van der Waals surface area contributed by atoms with Crippen LogP contribution >= 0.6 is 0 Å². The largest absolute Gasteiger partial charge is 0.466 e. The SMILES string of the molecule is CCOC(=O)CCCCCOC(=O)c1cccc(C)c1N. The minimum absolute atomic E-state index is 0.179. The highest BCUT2D eigenvalue weighted by atomic mass is 16.5. The molecular formula is C16H23NO4. The molecule has 0 saturated heterocycles. The molecule has 1 rings (SSSR count). The molecule has 0 aromatic heterocycles. The molecule has 0 aliphatic rings. The number of rotatable bonds is 8. The number of benzene rings is 1. The second kappa shape index (κ2) is 9.00. The van der Waals surface area contributed by atoms with Crippen LogP contribution in [0.1, 0.15) is 48.5 Å². The van der Waals surface area contributed by atoms with E-state index in [1.54, 1.807) is 19.1 Å². The fourth-order valence-electron chi connectivity index (χ4n) is 1.88. The first-order valence-corrected chi connectivity index (χ1v) is 7.24. The number of unbranched alkanes of at least 4 members (excludes halogenated alkanes) is 2. The molecule has 0 bridgehead atoms. The van der Waals surface area contributed by atoms with Gasteiger partial charge in [-0.2, -0.15) is 0 Å². The van der Waals surface area contributed by atoms with Gasteiger partial charge in [-0.05, 0) is 44.7 Å². The molecule has 21 heavy (non-hydrogen) atoms. The van der Waals surface area contributed by atoms with Crippen LogP contribution in [0.25, 0.3) is 0 Å². The van der Waals surface area contributed by atoms with Crippen molar-refractivity contribution in [1.82, 2.24) is 0 Å². The number of anilines is 1. The first kappa shape index (κ1) is 17.0. The molecule has 0 aliphatic heterocycles. The zero-order valence-electron chi connectivity index (χ0n) is 12.7. The second-order valence-electron chi connectivity index (χ2n) is 4.79. The van der Waals surface area contributed by atoms with Crippen LogP contribution in [0, 0.1) is 6.92 Å². The Morgan fingerprint density at radius 3 is 2.62 bits per heavy atom. The Labute approximate surface area is 125 Å². The maximum absolute atomic E-state index is 11.9.